The van der Waals surface area contributed by atoms with Crippen LogP contribution in [0, 0.1) is 0 Å². The molecule has 0 bridgehead atoms. The van der Waals surface area contributed by atoms with E-state index in [2.05, 4.69) is 5.43 Å². The number of hydrogen-bond donors (Lipinski definition) is 1. The molecule has 1 rings (SSSR count). The lowest BCUT2D eigenvalue weighted by Gasteiger charge is -2.28. The second kappa shape index (κ2) is 4.09. The number of rotatable bonds is 2. The van der Waals surface area contributed by atoms with Gasteiger partial charge in [-0.3, -0.25) is 15.0 Å². The van der Waals surface area contributed by atoms with Crippen molar-refractivity contribution in [3.63, 3.8) is 0 Å². The Morgan fingerprint density at radius 1 is 1.62 bits per heavy atom. The van der Waals surface area contributed by atoms with E-state index in [0.717, 1.165) is 0 Å². The highest BCUT2D eigenvalue weighted by atomic mass is 35.5. The van der Waals surface area contributed by atoms with Crippen molar-refractivity contribution in [3.05, 3.63) is 10.1 Å². The Morgan fingerprint density at radius 2 is 2.23 bits per heavy atom. The molecule has 13 heavy (non-hydrogen) atoms. The summed E-state index contributed by atoms with van der Waals surface area (Å²) in [5, 5.41) is 1.56. The van der Waals surface area contributed by atoms with Gasteiger partial charge in [0.15, 0.2) is 0 Å². The Labute approximate surface area is 85.4 Å². The van der Waals surface area contributed by atoms with Crippen LogP contribution in [0.5, 0.6) is 0 Å². The highest BCUT2D eigenvalue weighted by molar-refractivity contribution is 6.48. The average Bonchev–Trinajstić information content (AvgIpc) is 2.12. The normalized spacial score (nSPS) is 21.3. The molecule has 0 spiro atoms. The number of hydrogen-bond acceptors (Lipinski definition) is 3. The van der Waals surface area contributed by atoms with Crippen molar-refractivity contribution in [2.24, 2.45) is 0 Å². The van der Waals surface area contributed by atoms with Crippen LogP contribution in [0.3, 0.4) is 0 Å². The van der Waals surface area contributed by atoms with Crippen molar-refractivity contribution in [2.45, 2.75) is 13.0 Å². The highest BCUT2D eigenvalue weighted by Crippen LogP contribution is 2.19. The van der Waals surface area contributed by atoms with Gasteiger partial charge in [0.05, 0.1) is 17.6 Å². The number of carbonyl (C=O) groups is 1. The number of nitrogens with one attached hydrogen (secondary N) is 1. The van der Waals surface area contributed by atoms with E-state index in [-0.39, 0.29) is 16.6 Å². The molecule has 1 radical (unpaired) electrons. The van der Waals surface area contributed by atoms with Crippen LogP contribution in [0.2, 0.25) is 0 Å². The topological polar surface area (TPSA) is 49.4 Å². The first-order chi connectivity index (χ1) is 6.06. The van der Waals surface area contributed by atoms with E-state index in [0.29, 0.717) is 0 Å². The van der Waals surface area contributed by atoms with E-state index in [1.807, 2.05) is 0 Å². The van der Waals surface area contributed by atoms with Crippen LogP contribution in [0.4, 0.5) is 0 Å². The Bertz CT molecular complexity index is 278. The maximum Gasteiger partial charge on any atom is 0.278 e. The van der Waals surface area contributed by atoms with Gasteiger partial charge in [-0.05, 0) is 6.92 Å². The predicted molar refractivity (Wildman–Crippen MR) is 48.7 cm³/mol. The summed E-state index contributed by atoms with van der Waals surface area (Å²) in [4.78, 5) is 21.4. The third-order valence-corrected chi connectivity index (χ3v) is 2.43. The van der Waals surface area contributed by atoms with Crippen LogP contribution in [0.1, 0.15) is 6.92 Å². The second-order valence-corrected chi connectivity index (χ2v) is 3.42. The number of halogens is 2. The Kier molecular flexibility index (Phi) is 3.30. The summed E-state index contributed by atoms with van der Waals surface area (Å²) in [6.07, 6.45) is 1.73. The van der Waals surface area contributed by atoms with Crippen molar-refractivity contribution in [1.29, 1.82) is 0 Å². The molecule has 0 aliphatic carbocycles. The van der Waals surface area contributed by atoms with Crippen molar-refractivity contribution in [3.8, 4) is 0 Å². The Morgan fingerprint density at radius 3 is 2.69 bits per heavy atom. The molecule has 1 heterocycles. The molecule has 71 valence electrons. The van der Waals surface area contributed by atoms with Crippen molar-refractivity contribution >= 4 is 35.4 Å². The zero-order chi connectivity index (χ0) is 10.0. The monoisotopic (exact) mass is 221 g/mol. The van der Waals surface area contributed by atoms with Crippen LogP contribution in [-0.2, 0) is 9.59 Å². The van der Waals surface area contributed by atoms with Crippen LogP contribution >= 0.6 is 23.2 Å². The quantitative estimate of drug-likeness (QED) is 0.740. The first-order valence-corrected chi connectivity index (χ1v) is 4.31. The number of nitrogens with zero attached hydrogens (tertiary/aromatic N) is 1. The van der Waals surface area contributed by atoms with Crippen LogP contribution < -0.4 is 5.43 Å². The molecular formula is C7H7Cl2N2O2. The fourth-order valence-corrected chi connectivity index (χ4v) is 1.18. The molecule has 1 aliphatic rings. The first kappa shape index (κ1) is 10.5. The van der Waals surface area contributed by atoms with Gasteiger partial charge in [0.1, 0.15) is 5.03 Å². The lowest BCUT2D eigenvalue weighted by atomic mass is 10.3. The highest BCUT2D eigenvalue weighted by Gasteiger charge is 2.26. The van der Waals surface area contributed by atoms with Crippen molar-refractivity contribution < 1.29 is 9.59 Å². The van der Waals surface area contributed by atoms with Crippen molar-refractivity contribution in [1.82, 2.24) is 10.4 Å². The third-order valence-electron chi connectivity index (χ3n) is 1.63. The van der Waals surface area contributed by atoms with Crippen LogP contribution in [-0.4, -0.2) is 29.8 Å². The summed E-state index contributed by atoms with van der Waals surface area (Å²) >= 11 is 11.2. The fraction of sp³-hybridized carbons (Fsp3) is 0.429. The molecule has 1 unspecified atom stereocenters. The molecule has 6 heteroatoms. The molecule has 0 saturated heterocycles. The van der Waals surface area contributed by atoms with Gasteiger partial charge in [0.25, 0.3) is 5.91 Å². The van der Waals surface area contributed by atoms with E-state index in [1.165, 1.54) is 5.01 Å². The maximum absolute atomic E-state index is 11.1. The molecule has 1 atom stereocenters. The molecule has 0 aromatic heterocycles. The zero-order valence-corrected chi connectivity index (χ0v) is 8.32. The van der Waals surface area contributed by atoms with E-state index >= 15 is 0 Å². The summed E-state index contributed by atoms with van der Waals surface area (Å²) in [7, 11) is 0. The summed E-state index contributed by atoms with van der Waals surface area (Å²) in [5.74, 6) is -0.500. The molecule has 4 nitrogen and oxygen atoms in total. The molecule has 1 amide bonds. The Hall–Kier alpha value is -0.580. The van der Waals surface area contributed by atoms with Gasteiger partial charge in [-0.15, -0.1) is 0 Å². The van der Waals surface area contributed by atoms with E-state index in [1.54, 1.807) is 13.2 Å². The van der Waals surface area contributed by atoms with E-state index in [9.17, 15) is 9.59 Å². The number of hydrazine groups is 1. The fourth-order valence-electron chi connectivity index (χ4n) is 0.859. The molecule has 0 aromatic carbocycles. The Balaban J connectivity index is 2.79. The second-order valence-electron chi connectivity index (χ2n) is 2.58. The molecule has 0 aromatic rings. The predicted octanol–water partition coefficient (Wildman–Crippen LogP) is 0.521. The lowest BCUT2D eigenvalue weighted by Crippen LogP contribution is -2.51. The summed E-state index contributed by atoms with van der Waals surface area (Å²) < 4.78 is 0. The lowest BCUT2D eigenvalue weighted by molar-refractivity contribution is -0.122. The number of amides is 1. The maximum atomic E-state index is 11.1. The summed E-state index contributed by atoms with van der Waals surface area (Å²) in [5.41, 5.74) is 2.40. The molecular weight excluding hydrogens is 215 g/mol. The minimum atomic E-state index is -0.539. The largest absolute Gasteiger partial charge is 0.289 e. The molecule has 0 saturated carbocycles. The third kappa shape index (κ3) is 2.21. The van der Waals surface area contributed by atoms with Crippen LogP contribution in [0.15, 0.2) is 10.1 Å². The van der Waals surface area contributed by atoms with Crippen molar-refractivity contribution in [2.75, 3.05) is 6.54 Å². The minimum absolute atomic E-state index is 0.0315. The van der Waals surface area contributed by atoms with Gasteiger partial charge in [-0.1, -0.05) is 23.2 Å². The number of carbonyl (C=O) groups excluding carboxylic acids is 2. The van der Waals surface area contributed by atoms with Gasteiger partial charge in [-0.2, -0.15) is 0 Å². The van der Waals surface area contributed by atoms with Gasteiger partial charge < -0.3 is 0 Å². The molecule has 1 N–H and O–H groups in total. The van der Waals surface area contributed by atoms with Gasteiger partial charge >= 0.3 is 0 Å². The SMILES string of the molecule is CC([C]=O)N1CC(Cl)=C(Cl)C(=O)N1. The molecule has 0 fully saturated rings. The summed E-state index contributed by atoms with van der Waals surface area (Å²) in [6.45, 7) is 1.82. The van der Waals surface area contributed by atoms with Gasteiger partial charge in [0.2, 0.25) is 6.29 Å². The smallest absolute Gasteiger partial charge is 0.278 e. The zero-order valence-electron chi connectivity index (χ0n) is 6.80. The average molecular weight is 222 g/mol. The molecule has 1 aliphatic heterocycles. The standard InChI is InChI=1S/C7H7Cl2N2O2/c1-4(3-12)11-2-5(8)6(9)7(13)10-11/h4H,2H2,1H3,(H,10,13). The van der Waals surface area contributed by atoms with Gasteiger partial charge in [0, 0.05) is 0 Å². The van der Waals surface area contributed by atoms with E-state index in [4.69, 9.17) is 23.2 Å². The van der Waals surface area contributed by atoms with E-state index < -0.39 is 11.9 Å². The summed E-state index contributed by atoms with van der Waals surface area (Å²) in [6, 6.07) is -0.539. The van der Waals surface area contributed by atoms with Crippen LogP contribution in [0.25, 0.3) is 0 Å². The van der Waals surface area contributed by atoms with Gasteiger partial charge in [-0.25, -0.2) is 5.01 Å². The minimum Gasteiger partial charge on any atom is -0.289 e. The first-order valence-electron chi connectivity index (χ1n) is 3.55.